The largest absolute Gasteiger partial charge is 0.314 e. The van der Waals surface area contributed by atoms with Gasteiger partial charge in [0.15, 0.2) is 0 Å². The molecule has 7 heteroatoms. The van der Waals surface area contributed by atoms with E-state index in [1.165, 1.54) is 6.07 Å². The second-order valence-electron chi connectivity index (χ2n) is 6.72. The predicted octanol–water partition coefficient (Wildman–Crippen LogP) is 2.71. The van der Waals surface area contributed by atoms with Gasteiger partial charge in [0, 0.05) is 44.5 Å². The van der Waals surface area contributed by atoms with Gasteiger partial charge < -0.3 is 5.32 Å². The summed E-state index contributed by atoms with van der Waals surface area (Å²) in [5.74, 6) is -0.231. The van der Waals surface area contributed by atoms with Crippen LogP contribution in [0.5, 0.6) is 0 Å². The summed E-state index contributed by atoms with van der Waals surface area (Å²) in [5.41, 5.74) is 3.26. The van der Waals surface area contributed by atoms with Crippen LogP contribution in [0.15, 0.2) is 53.5 Å². The number of nitrogens with zero attached hydrogens (tertiary/aromatic N) is 3. The van der Waals surface area contributed by atoms with Gasteiger partial charge in [0.25, 0.3) is 5.56 Å². The zero-order valence-electron chi connectivity index (χ0n) is 15.1. The second-order valence-corrected chi connectivity index (χ2v) is 6.72. The molecular weight excluding hydrogens is 367 g/mol. The monoisotopic (exact) mass is 388 g/mol. The van der Waals surface area contributed by atoms with E-state index in [4.69, 9.17) is 4.98 Å². The number of pyridine rings is 1. The summed E-state index contributed by atoms with van der Waals surface area (Å²) in [6.45, 7) is 4.93. The highest BCUT2D eigenvalue weighted by Gasteiger charge is 2.24. The molecule has 0 amide bonds. The Morgan fingerprint density at radius 3 is 2.93 bits per heavy atom. The number of benzene rings is 1. The molecule has 2 aromatic heterocycles. The molecule has 1 saturated heterocycles. The molecule has 27 heavy (non-hydrogen) atoms. The lowest BCUT2D eigenvalue weighted by molar-refractivity contribution is 0.151. The van der Waals surface area contributed by atoms with Crippen LogP contribution in [0.2, 0.25) is 0 Å². The van der Waals surface area contributed by atoms with E-state index < -0.39 is 0 Å². The molecule has 4 rings (SSSR count). The maximum absolute atomic E-state index is 13.7. The topological polar surface area (TPSA) is 49.6 Å². The SMILES string of the molecule is Cc1cccn2c(=O)cc(CN3CCNCC3c3cccc(F)c3)nc12.Cl. The summed E-state index contributed by atoms with van der Waals surface area (Å²) < 4.78 is 15.2. The van der Waals surface area contributed by atoms with Crippen LogP contribution >= 0.6 is 12.4 Å². The van der Waals surface area contributed by atoms with Crippen LogP contribution in [0.4, 0.5) is 4.39 Å². The fourth-order valence-corrected chi connectivity index (χ4v) is 3.58. The van der Waals surface area contributed by atoms with Crippen LogP contribution in [-0.4, -0.2) is 33.9 Å². The predicted molar refractivity (Wildman–Crippen MR) is 106 cm³/mol. The molecule has 0 spiro atoms. The molecule has 1 atom stereocenters. The number of aromatic nitrogens is 2. The normalized spacial score (nSPS) is 17.6. The van der Waals surface area contributed by atoms with E-state index in [9.17, 15) is 9.18 Å². The minimum atomic E-state index is -0.231. The molecule has 5 nitrogen and oxygen atoms in total. The number of nitrogens with one attached hydrogen (secondary N) is 1. The first-order valence-corrected chi connectivity index (χ1v) is 8.80. The average Bonchev–Trinajstić information content (AvgIpc) is 2.63. The van der Waals surface area contributed by atoms with Crippen LogP contribution in [0, 0.1) is 12.7 Å². The maximum atomic E-state index is 13.7. The Hall–Kier alpha value is -2.28. The average molecular weight is 389 g/mol. The first-order valence-electron chi connectivity index (χ1n) is 8.80. The summed E-state index contributed by atoms with van der Waals surface area (Å²) >= 11 is 0. The third kappa shape index (κ3) is 4.03. The molecule has 0 aliphatic carbocycles. The van der Waals surface area contributed by atoms with Gasteiger partial charge in [0.05, 0.1) is 5.69 Å². The summed E-state index contributed by atoms with van der Waals surface area (Å²) in [4.78, 5) is 19.4. The Morgan fingerprint density at radius 1 is 1.26 bits per heavy atom. The molecule has 0 saturated carbocycles. The summed E-state index contributed by atoms with van der Waals surface area (Å²) in [7, 11) is 0. The Balaban J connectivity index is 0.00000210. The Bertz CT molecular complexity index is 1010. The molecule has 1 aromatic carbocycles. The minimum absolute atomic E-state index is 0. The zero-order chi connectivity index (χ0) is 18.1. The quantitative estimate of drug-likeness (QED) is 0.749. The Kier molecular flexibility index (Phi) is 5.89. The lowest BCUT2D eigenvalue weighted by Crippen LogP contribution is -2.45. The number of hydrogen-bond acceptors (Lipinski definition) is 4. The third-order valence-electron chi connectivity index (χ3n) is 4.89. The molecular formula is C20H22ClFN4O. The first kappa shape index (κ1) is 19.5. The van der Waals surface area contributed by atoms with Gasteiger partial charge >= 0.3 is 0 Å². The highest BCUT2D eigenvalue weighted by atomic mass is 35.5. The van der Waals surface area contributed by atoms with Crippen LogP contribution < -0.4 is 10.9 Å². The van der Waals surface area contributed by atoms with Gasteiger partial charge in [-0.05, 0) is 36.2 Å². The maximum Gasteiger partial charge on any atom is 0.258 e. The highest BCUT2D eigenvalue weighted by molar-refractivity contribution is 5.85. The first-order chi connectivity index (χ1) is 12.6. The van der Waals surface area contributed by atoms with Crippen LogP contribution in [-0.2, 0) is 6.54 Å². The van der Waals surface area contributed by atoms with Crippen molar-refractivity contribution in [1.82, 2.24) is 19.6 Å². The summed E-state index contributed by atoms with van der Waals surface area (Å²) in [5, 5.41) is 3.37. The number of piperazine rings is 1. The molecule has 1 aliphatic heterocycles. The lowest BCUT2D eigenvalue weighted by atomic mass is 10.0. The van der Waals surface area contributed by atoms with Crippen LogP contribution in [0.25, 0.3) is 5.65 Å². The molecule has 142 valence electrons. The van der Waals surface area contributed by atoms with Crippen molar-refractivity contribution in [3.05, 3.63) is 81.7 Å². The standard InChI is InChI=1S/C20H21FN4O.ClH/c1-14-4-3-8-25-19(26)11-17(23-20(14)25)13-24-9-7-22-12-18(24)15-5-2-6-16(21)10-15;/h2-6,8,10-11,18,22H,7,9,12-13H2,1H3;1H. The number of rotatable bonds is 3. The number of hydrogen-bond donors (Lipinski definition) is 1. The third-order valence-corrected chi connectivity index (χ3v) is 4.89. The summed E-state index contributed by atoms with van der Waals surface area (Å²) in [6.07, 6.45) is 1.74. The lowest BCUT2D eigenvalue weighted by Gasteiger charge is -2.36. The van der Waals surface area contributed by atoms with Crippen molar-refractivity contribution in [3.8, 4) is 0 Å². The minimum Gasteiger partial charge on any atom is -0.314 e. The highest BCUT2D eigenvalue weighted by Crippen LogP contribution is 2.24. The van der Waals surface area contributed by atoms with E-state index >= 15 is 0 Å². The van der Waals surface area contributed by atoms with Crippen molar-refractivity contribution in [2.75, 3.05) is 19.6 Å². The van der Waals surface area contributed by atoms with Crippen LogP contribution in [0.1, 0.15) is 22.9 Å². The van der Waals surface area contributed by atoms with E-state index in [2.05, 4.69) is 10.2 Å². The number of fused-ring (bicyclic) bond motifs is 1. The van der Waals surface area contributed by atoms with Crippen molar-refractivity contribution >= 4 is 18.1 Å². The molecule has 1 N–H and O–H groups in total. The van der Waals surface area contributed by atoms with Crippen molar-refractivity contribution in [2.24, 2.45) is 0 Å². The molecule has 3 aromatic rings. The van der Waals surface area contributed by atoms with Crippen molar-refractivity contribution in [1.29, 1.82) is 0 Å². The van der Waals surface area contributed by atoms with Crippen molar-refractivity contribution < 1.29 is 4.39 Å². The summed E-state index contributed by atoms with van der Waals surface area (Å²) in [6, 6.07) is 12.2. The Labute approximate surface area is 163 Å². The van der Waals surface area contributed by atoms with Gasteiger partial charge in [0.1, 0.15) is 11.5 Å². The van der Waals surface area contributed by atoms with Gasteiger partial charge in [-0.1, -0.05) is 18.2 Å². The van der Waals surface area contributed by atoms with Gasteiger partial charge in [-0.25, -0.2) is 9.37 Å². The van der Waals surface area contributed by atoms with E-state index in [0.29, 0.717) is 12.2 Å². The van der Waals surface area contributed by atoms with E-state index in [1.54, 1.807) is 28.8 Å². The fourth-order valence-electron chi connectivity index (χ4n) is 3.58. The number of aryl methyl sites for hydroxylation is 1. The number of halogens is 2. The van der Waals surface area contributed by atoms with Gasteiger partial charge in [-0.2, -0.15) is 0 Å². The van der Waals surface area contributed by atoms with E-state index in [-0.39, 0.29) is 29.8 Å². The molecule has 1 aliphatic rings. The Morgan fingerprint density at radius 2 is 2.11 bits per heavy atom. The van der Waals surface area contributed by atoms with Gasteiger partial charge in [0.2, 0.25) is 0 Å². The fraction of sp³-hybridized carbons (Fsp3) is 0.300. The van der Waals surface area contributed by atoms with Crippen molar-refractivity contribution in [3.63, 3.8) is 0 Å². The molecule has 0 bridgehead atoms. The molecule has 1 unspecified atom stereocenters. The molecule has 3 heterocycles. The second kappa shape index (κ2) is 8.17. The molecule has 0 radical (unpaired) electrons. The van der Waals surface area contributed by atoms with E-state index in [0.717, 1.165) is 36.5 Å². The van der Waals surface area contributed by atoms with E-state index in [1.807, 2.05) is 25.1 Å². The van der Waals surface area contributed by atoms with Crippen molar-refractivity contribution in [2.45, 2.75) is 19.5 Å². The van der Waals surface area contributed by atoms with Crippen LogP contribution in [0.3, 0.4) is 0 Å². The smallest absolute Gasteiger partial charge is 0.258 e. The zero-order valence-corrected chi connectivity index (χ0v) is 15.9. The van der Waals surface area contributed by atoms with Gasteiger partial charge in [-0.15, -0.1) is 12.4 Å². The van der Waals surface area contributed by atoms with Gasteiger partial charge in [-0.3, -0.25) is 14.1 Å². The molecule has 1 fully saturated rings.